The highest BCUT2D eigenvalue weighted by Gasteiger charge is 2.01. The maximum absolute atomic E-state index is 5.42. The van der Waals surface area contributed by atoms with Crippen molar-refractivity contribution >= 4 is 16.5 Å². The third kappa shape index (κ3) is 18.8. The van der Waals surface area contributed by atoms with E-state index in [1.165, 1.54) is 28.0 Å². The van der Waals surface area contributed by atoms with Gasteiger partial charge in [-0.1, -0.05) is 119 Å². The number of pyridine rings is 3. The summed E-state index contributed by atoms with van der Waals surface area (Å²) in [5.41, 5.74) is 11.8. The van der Waals surface area contributed by atoms with Gasteiger partial charge in [0.1, 0.15) is 0 Å². The van der Waals surface area contributed by atoms with E-state index in [1.807, 2.05) is 72.6 Å². The summed E-state index contributed by atoms with van der Waals surface area (Å²) in [7, 11) is 0. The first-order valence-corrected chi connectivity index (χ1v) is 16.8. The highest BCUT2D eigenvalue weighted by atomic mass is 32.1. The van der Waals surface area contributed by atoms with Gasteiger partial charge in [0.25, 0.3) is 0 Å². The highest BCUT2D eigenvalue weighted by Crippen LogP contribution is 2.18. The summed E-state index contributed by atoms with van der Waals surface area (Å²) in [6.07, 6.45) is 9.19. The van der Waals surface area contributed by atoms with E-state index in [0.29, 0.717) is 34.7 Å². The van der Waals surface area contributed by atoms with E-state index >= 15 is 0 Å². The van der Waals surface area contributed by atoms with E-state index in [1.54, 1.807) is 6.20 Å². The molecule has 0 saturated carbocycles. The van der Waals surface area contributed by atoms with Crippen LogP contribution in [-0.4, -0.2) is 19.9 Å². The van der Waals surface area contributed by atoms with Crippen LogP contribution < -0.4 is 5.73 Å². The lowest BCUT2D eigenvalue weighted by Gasteiger charge is -2.01. The van der Waals surface area contributed by atoms with Crippen LogP contribution in [0.15, 0.2) is 109 Å². The Morgan fingerprint density at radius 2 is 1.02 bits per heavy atom. The number of nitrogens with two attached hydrogens (primary N) is 1. The Bertz CT molecular complexity index is 1190. The topological polar surface area (TPSA) is 77.6 Å². The maximum Gasteiger partial charge on any atom is 0.180 e. The molecule has 1 aromatic carbocycles. The normalized spacial score (nSPS) is 9.98. The van der Waals surface area contributed by atoms with Crippen LogP contribution in [0.1, 0.15) is 134 Å². The lowest BCUT2D eigenvalue weighted by molar-refractivity contribution is 0.823. The van der Waals surface area contributed by atoms with Crippen LogP contribution in [0.2, 0.25) is 0 Å². The van der Waals surface area contributed by atoms with Gasteiger partial charge in [-0.25, -0.2) is 4.98 Å². The molecule has 46 heavy (non-hydrogen) atoms. The molecule has 0 aliphatic carbocycles. The molecule has 250 valence electrons. The molecule has 5 nitrogen and oxygen atoms in total. The van der Waals surface area contributed by atoms with Gasteiger partial charge in [0, 0.05) is 42.1 Å². The molecule has 0 spiro atoms. The van der Waals surface area contributed by atoms with Gasteiger partial charge < -0.3 is 5.73 Å². The zero-order valence-electron chi connectivity index (χ0n) is 29.1. The Morgan fingerprint density at radius 3 is 1.33 bits per heavy atom. The van der Waals surface area contributed by atoms with Gasteiger partial charge in [0.05, 0.1) is 5.69 Å². The summed E-state index contributed by atoms with van der Waals surface area (Å²) < 4.78 is 0. The van der Waals surface area contributed by atoms with E-state index < -0.39 is 0 Å². The number of anilines is 1. The fraction of sp³-hybridized carbons (Fsp3) is 0.400. The van der Waals surface area contributed by atoms with Gasteiger partial charge in [-0.2, -0.15) is 0 Å². The molecule has 0 aliphatic heterocycles. The zero-order chi connectivity index (χ0) is 33.6. The van der Waals surface area contributed by atoms with Crippen molar-refractivity contribution in [2.24, 2.45) is 0 Å². The van der Waals surface area contributed by atoms with Gasteiger partial charge in [-0.15, -0.1) is 11.3 Å². The van der Waals surface area contributed by atoms with Crippen LogP contribution in [0.5, 0.6) is 0 Å². The minimum atomic E-state index is 0. The predicted octanol–water partition coefficient (Wildman–Crippen LogP) is 11.9. The quantitative estimate of drug-likeness (QED) is 0.207. The van der Waals surface area contributed by atoms with Crippen molar-refractivity contribution in [3.8, 4) is 0 Å². The number of rotatable bonds is 5. The average Bonchev–Trinajstić information content (AvgIpc) is 3.50. The maximum atomic E-state index is 5.42. The van der Waals surface area contributed by atoms with Crippen molar-refractivity contribution in [2.45, 2.75) is 106 Å². The van der Waals surface area contributed by atoms with Crippen molar-refractivity contribution in [1.29, 1.82) is 0 Å². The first-order valence-electron chi connectivity index (χ1n) is 15.9. The van der Waals surface area contributed by atoms with Crippen LogP contribution in [-0.2, 0) is 0 Å². The van der Waals surface area contributed by atoms with Crippen LogP contribution in [0.4, 0.5) is 5.13 Å². The number of nitrogen functional groups attached to an aromatic ring is 1. The molecule has 0 amide bonds. The Labute approximate surface area is 284 Å². The predicted molar refractivity (Wildman–Crippen MR) is 203 cm³/mol. The zero-order valence-corrected chi connectivity index (χ0v) is 29.9. The molecule has 0 unspecified atom stereocenters. The molecule has 0 radical (unpaired) electrons. The van der Waals surface area contributed by atoms with Crippen molar-refractivity contribution in [3.63, 3.8) is 0 Å². The number of nitrogens with zero attached hydrogens (tertiary/aromatic N) is 4. The number of thiazole rings is 1. The Morgan fingerprint density at radius 1 is 0.500 bits per heavy atom. The number of aromatic nitrogens is 4. The first-order chi connectivity index (χ1) is 21.4. The highest BCUT2D eigenvalue weighted by molar-refractivity contribution is 7.13. The van der Waals surface area contributed by atoms with E-state index in [2.05, 4.69) is 120 Å². The van der Waals surface area contributed by atoms with Gasteiger partial charge in [-0.3, -0.25) is 15.0 Å². The Hall–Kier alpha value is -3.90. The molecular weight excluding hydrogens is 583 g/mol. The molecule has 0 aliphatic rings. The molecule has 5 aromatic rings. The SMILES string of the molecule is C.CC(C)c1ccccc1.CC(C)c1ccccn1.CC(C)c1cccnc1.CC(C)c1ccncc1.CC(C)c1csc(N)n1. The van der Waals surface area contributed by atoms with E-state index in [0.717, 1.165) is 11.4 Å². The molecular formula is C40H59N5S. The molecule has 0 fully saturated rings. The summed E-state index contributed by atoms with van der Waals surface area (Å²) in [6, 6.07) is 24.7. The molecule has 0 atom stereocenters. The first kappa shape index (κ1) is 42.1. The summed E-state index contributed by atoms with van der Waals surface area (Å²) in [5, 5.41) is 2.67. The van der Waals surface area contributed by atoms with E-state index in [-0.39, 0.29) is 7.43 Å². The van der Waals surface area contributed by atoms with Crippen LogP contribution in [0.3, 0.4) is 0 Å². The van der Waals surface area contributed by atoms with Gasteiger partial charge in [0.2, 0.25) is 0 Å². The number of benzene rings is 1. The van der Waals surface area contributed by atoms with Crippen molar-refractivity contribution in [3.05, 3.63) is 137 Å². The van der Waals surface area contributed by atoms with Gasteiger partial charge in [-0.05, 0) is 76.6 Å². The lowest BCUT2D eigenvalue weighted by Crippen LogP contribution is -1.88. The van der Waals surface area contributed by atoms with Crippen LogP contribution in [0, 0.1) is 0 Å². The molecule has 0 bridgehead atoms. The molecule has 2 N–H and O–H groups in total. The Kier molecular flexibility index (Phi) is 22.3. The van der Waals surface area contributed by atoms with Crippen molar-refractivity contribution in [2.75, 3.05) is 5.73 Å². The summed E-state index contributed by atoms with van der Waals surface area (Å²) in [4.78, 5) is 16.2. The van der Waals surface area contributed by atoms with Crippen LogP contribution in [0.25, 0.3) is 0 Å². The Balaban J connectivity index is 0.000000547. The standard InChI is InChI=1S/C9H12.3C8H11N.C6H10N2S.CH4/c1-8(2)9-6-4-3-5-7-9;1-7(2)8-3-5-9-6-4-8;1-7(2)8-4-3-5-9-6-8;1-7(2)8-5-3-4-6-9-8;1-4(2)5-3-9-6(7)8-5;/h3-8H,1-2H3;3*3-7H,1-2H3;3-4H,1-2H3,(H2,7,8);1H4. The molecule has 5 rings (SSSR count). The largest absolute Gasteiger partial charge is 0.375 e. The summed E-state index contributed by atoms with van der Waals surface area (Å²) >= 11 is 1.50. The van der Waals surface area contributed by atoms with Crippen LogP contribution >= 0.6 is 11.3 Å². The molecule has 6 heteroatoms. The molecule has 4 heterocycles. The monoisotopic (exact) mass is 641 g/mol. The van der Waals surface area contributed by atoms with Gasteiger partial charge >= 0.3 is 0 Å². The fourth-order valence-corrected chi connectivity index (χ4v) is 4.31. The second-order valence-corrected chi connectivity index (χ2v) is 13.0. The fourth-order valence-electron chi connectivity index (χ4n) is 3.59. The van der Waals surface area contributed by atoms with Crippen molar-refractivity contribution in [1.82, 2.24) is 19.9 Å². The smallest absolute Gasteiger partial charge is 0.180 e. The van der Waals surface area contributed by atoms with E-state index in [9.17, 15) is 0 Å². The van der Waals surface area contributed by atoms with E-state index in [4.69, 9.17) is 5.73 Å². The minimum Gasteiger partial charge on any atom is -0.375 e. The van der Waals surface area contributed by atoms with Gasteiger partial charge in [0.15, 0.2) is 5.13 Å². The molecule has 0 saturated heterocycles. The lowest BCUT2D eigenvalue weighted by atomic mass is 10.0. The third-order valence-corrected chi connectivity index (χ3v) is 7.29. The second-order valence-electron chi connectivity index (χ2n) is 12.1. The molecule has 4 aromatic heterocycles. The van der Waals surface area contributed by atoms with Crippen molar-refractivity contribution < 1.29 is 0 Å². The summed E-state index contributed by atoms with van der Waals surface area (Å²) in [6.45, 7) is 21.6. The minimum absolute atomic E-state index is 0. The summed E-state index contributed by atoms with van der Waals surface area (Å²) in [5.74, 6) is 2.92. The third-order valence-electron chi connectivity index (χ3n) is 6.60. The number of hydrogen-bond donors (Lipinski definition) is 1. The number of hydrogen-bond acceptors (Lipinski definition) is 6. The average molecular weight is 642 g/mol. The second kappa shape index (κ2) is 24.3.